The number of nitrogens with zero attached hydrogens (tertiary/aromatic N) is 3. The van der Waals surface area contributed by atoms with Gasteiger partial charge >= 0.3 is 0 Å². The molecular weight excluding hydrogens is 332 g/mol. The number of hydrogen-bond donors (Lipinski definition) is 1. The number of anilines is 1. The Balaban J connectivity index is 1.42. The monoisotopic (exact) mass is 364 g/mol. The minimum absolute atomic E-state index is 0.419. The molecule has 3 heterocycles. The van der Waals surface area contributed by atoms with Crippen molar-refractivity contribution in [2.45, 2.75) is 71.1 Å². The topological polar surface area (TPSA) is 50.7 Å². The smallest absolute Gasteiger partial charge is 0.129 e. The number of nitrogens with one attached hydrogen (secondary N) is 1. The highest BCUT2D eigenvalue weighted by atomic mass is 15.0. The van der Waals surface area contributed by atoms with Crippen molar-refractivity contribution < 1.29 is 0 Å². The highest BCUT2D eigenvalue weighted by Gasteiger charge is 2.09. The van der Waals surface area contributed by atoms with Crippen molar-refractivity contribution in [2.24, 2.45) is 0 Å². The summed E-state index contributed by atoms with van der Waals surface area (Å²) in [4.78, 5) is 13.5. The van der Waals surface area contributed by atoms with E-state index in [-0.39, 0.29) is 0 Å². The number of fused-ring (bicyclic) bond motifs is 1. The van der Waals surface area contributed by atoms with Crippen LogP contribution < -0.4 is 5.32 Å². The molecule has 0 aliphatic carbocycles. The van der Waals surface area contributed by atoms with Gasteiger partial charge in [-0.05, 0) is 75.5 Å². The fraction of sp³-hybridized carbons (Fsp3) is 0.522. The second-order valence-corrected chi connectivity index (χ2v) is 7.45. The summed E-state index contributed by atoms with van der Waals surface area (Å²) in [5, 5.41) is 3.48. The second kappa shape index (κ2) is 10.2. The Hall–Kier alpha value is -2.23. The second-order valence-electron chi connectivity index (χ2n) is 7.45. The first-order chi connectivity index (χ1) is 13.3. The molecule has 1 aliphatic heterocycles. The van der Waals surface area contributed by atoms with Crippen LogP contribution in [0.3, 0.4) is 0 Å². The molecule has 2 aromatic heterocycles. The molecular formula is C23H32N4. The summed E-state index contributed by atoms with van der Waals surface area (Å²) < 4.78 is 0. The molecule has 3 rings (SSSR count). The zero-order valence-electron chi connectivity index (χ0n) is 16.7. The van der Waals surface area contributed by atoms with Gasteiger partial charge in [-0.25, -0.2) is 15.0 Å². The van der Waals surface area contributed by atoms with Gasteiger partial charge in [0.1, 0.15) is 11.6 Å². The van der Waals surface area contributed by atoms with Crippen molar-refractivity contribution in [2.75, 3.05) is 11.9 Å². The molecule has 2 aromatic rings. The Morgan fingerprint density at radius 3 is 2.81 bits per heavy atom. The number of aryl methyl sites for hydroxylation is 3. The maximum absolute atomic E-state index is 4.84. The van der Waals surface area contributed by atoms with Crippen molar-refractivity contribution >= 4 is 5.82 Å². The van der Waals surface area contributed by atoms with E-state index in [9.17, 15) is 0 Å². The molecule has 4 nitrogen and oxygen atoms in total. The van der Waals surface area contributed by atoms with E-state index in [1.165, 1.54) is 42.5 Å². The third kappa shape index (κ3) is 5.88. The molecule has 1 atom stereocenters. The van der Waals surface area contributed by atoms with Crippen molar-refractivity contribution in [3.63, 3.8) is 0 Å². The zero-order chi connectivity index (χ0) is 18.9. The van der Waals surface area contributed by atoms with Crippen LogP contribution in [0.5, 0.6) is 0 Å². The van der Waals surface area contributed by atoms with Gasteiger partial charge in [-0.1, -0.05) is 25.1 Å². The molecule has 0 fully saturated rings. The molecule has 0 aromatic carbocycles. The van der Waals surface area contributed by atoms with Crippen molar-refractivity contribution in [1.29, 1.82) is 0 Å². The molecule has 144 valence electrons. The summed E-state index contributed by atoms with van der Waals surface area (Å²) in [6, 6.07) is 4.48. The molecule has 0 bridgehead atoms. The molecule has 0 unspecified atom stereocenters. The lowest BCUT2D eigenvalue weighted by atomic mass is 9.98. The maximum Gasteiger partial charge on any atom is 0.129 e. The Labute approximate surface area is 163 Å². The SMILES string of the molecule is CC[C@H](/C=C/CCCCc1ccc2c(n1)NCCCC2)c1cnc(C)nc1. The van der Waals surface area contributed by atoms with E-state index in [1.54, 1.807) is 0 Å². The number of aromatic nitrogens is 3. The fourth-order valence-corrected chi connectivity index (χ4v) is 3.58. The summed E-state index contributed by atoms with van der Waals surface area (Å²) in [5.41, 5.74) is 3.81. The Kier molecular flexibility index (Phi) is 7.37. The van der Waals surface area contributed by atoms with Crippen LogP contribution in [-0.4, -0.2) is 21.5 Å². The lowest BCUT2D eigenvalue weighted by Crippen LogP contribution is -2.04. The van der Waals surface area contributed by atoms with Gasteiger partial charge < -0.3 is 5.32 Å². The predicted molar refractivity (Wildman–Crippen MR) is 112 cm³/mol. The molecule has 0 spiro atoms. The first-order valence-corrected chi connectivity index (χ1v) is 10.4. The molecule has 4 heteroatoms. The van der Waals surface area contributed by atoms with E-state index in [0.29, 0.717) is 5.92 Å². The van der Waals surface area contributed by atoms with Gasteiger partial charge in [0, 0.05) is 30.6 Å². The number of pyridine rings is 1. The van der Waals surface area contributed by atoms with E-state index >= 15 is 0 Å². The number of unbranched alkanes of at least 4 members (excludes halogenated alkanes) is 2. The van der Waals surface area contributed by atoms with Crippen molar-refractivity contribution in [1.82, 2.24) is 15.0 Å². The van der Waals surface area contributed by atoms with E-state index in [1.807, 2.05) is 19.3 Å². The van der Waals surface area contributed by atoms with Crippen LogP contribution in [0.2, 0.25) is 0 Å². The normalized spacial score (nSPS) is 15.2. The van der Waals surface area contributed by atoms with Gasteiger partial charge in [0.2, 0.25) is 0 Å². The first kappa shape index (κ1) is 19.5. The van der Waals surface area contributed by atoms with E-state index in [4.69, 9.17) is 4.98 Å². The van der Waals surface area contributed by atoms with Gasteiger partial charge in [0.15, 0.2) is 0 Å². The first-order valence-electron chi connectivity index (χ1n) is 10.4. The quantitative estimate of drug-likeness (QED) is 0.504. The number of allylic oxidation sites excluding steroid dienone is 2. The molecule has 1 aliphatic rings. The van der Waals surface area contributed by atoms with E-state index < -0.39 is 0 Å². The summed E-state index contributed by atoms with van der Waals surface area (Å²) in [6.07, 6.45) is 17.9. The number of rotatable bonds is 8. The van der Waals surface area contributed by atoms with Crippen LogP contribution in [0.4, 0.5) is 5.82 Å². The molecule has 0 saturated heterocycles. The Morgan fingerprint density at radius 2 is 2.00 bits per heavy atom. The third-order valence-electron chi connectivity index (χ3n) is 5.29. The number of hydrogen-bond acceptors (Lipinski definition) is 4. The highest BCUT2D eigenvalue weighted by molar-refractivity contribution is 5.46. The van der Waals surface area contributed by atoms with E-state index in [2.05, 4.69) is 46.5 Å². The molecule has 0 amide bonds. The van der Waals surface area contributed by atoms with Crippen LogP contribution in [0.1, 0.15) is 74.0 Å². The van der Waals surface area contributed by atoms with Crippen LogP contribution in [-0.2, 0) is 12.8 Å². The summed E-state index contributed by atoms with van der Waals surface area (Å²) in [6.45, 7) is 5.20. The van der Waals surface area contributed by atoms with Gasteiger partial charge in [-0.15, -0.1) is 0 Å². The summed E-state index contributed by atoms with van der Waals surface area (Å²) in [5.74, 6) is 2.37. The fourth-order valence-electron chi connectivity index (χ4n) is 3.58. The molecule has 1 N–H and O–H groups in total. The summed E-state index contributed by atoms with van der Waals surface area (Å²) >= 11 is 0. The predicted octanol–water partition coefficient (Wildman–Crippen LogP) is 5.39. The van der Waals surface area contributed by atoms with Gasteiger partial charge in [0.25, 0.3) is 0 Å². The standard InChI is InChI=1S/C23H32N4/c1-3-19(21-16-25-18(2)26-17-21)10-6-4-5-7-12-22-14-13-20-11-8-9-15-24-23(20)27-22/h6,10,13-14,16-17,19H,3-5,7-9,11-12,15H2,1-2H3,(H,24,27)/b10-6+/t19-/m1/s1. The lowest BCUT2D eigenvalue weighted by Gasteiger charge is -2.10. The molecule has 0 radical (unpaired) electrons. The van der Waals surface area contributed by atoms with Gasteiger partial charge in [0.05, 0.1) is 0 Å². The molecule has 27 heavy (non-hydrogen) atoms. The minimum Gasteiger partial charge on any atom is -0.370 e. The van der Waals surface area contributed by atoms with Gasteiger partial charge in [-0.3, -0.25) is 0 Å². The van der Waals surface area contributed by atoms with Crippen LogP contribution in [0.25, 0.3) is 0 Å². The van der Waals surface area contributed by atoms with E-state index in [0.717, 1.165) is 43.9 Å². The third-order valence-corrected chi connectivity index (χ3v) is 5.29. The average molecular weight is 365 g/mol. The van der Waals surface area contributed by atoms with Crippen LogP contribution in [0, 0.1) is 6.92 Å². The largest absolute Gasteiger partial charge is 0.370 e. The molecule has 0 saturated carbocycles. The van der Waals surface area contributed by atoms with Crippen LogP contribution in [0.15, 0.2) is 36.7 Å². The highest BCUT2D eigenvalue weighted by Crippen LogP contribution is 2.21. The van der Waals surface area contributed by atoms with Gasteiger partial charge in [-0.2, -0.15) is 0 Å². The van der Waals surface area contributed by atoms with Crippen molar-refractivity contribution in [3.8, 4) is 0 Å². The Bertz CT molecular complexity index is 737. The Morgan fingerprint density at radius 1 is 1.15 bits per heavy atom. The maximum atomic E-state index is 4.84. The van der Waals surface area contributed by atoms with Crippen LogP contribution >= 0.6 is 0 Å². The summed E-state index contributed by atoms with van der Waals surface area (Å²) in [7, 11) is 0. The lowest BCUT2D eigenvalue weighted by molar-refractivity contribution is 0.727. The zero-order valence-corrected chi connectivity index (χ0v) is 16.7. The minimum atomic E-state index is 0.419. The van der Waals surface area contributed by atoms with Crippen molar-refractivity contribution in [3.05, 3.63) is 59.3 Å². The average Bonchev–Trinajstić information content (AvgIpc) is 2.93.